The largest absolute Gasteiger partial charge is 0.403 e. The zero-order valence-corrected chi connectivity index (χ0v) is 15.2. The van der Waals surface area contributed by atoms with Crippen LogP contribution < -0.4 is 5.32 Å². The number of piperidine rings is 2. The number of aromatic nitrogens is 2. The fourth-order valence-corrected chi connectivity index (χ4v) is 3.87. The van der Waals surface area contributed by atoms with E-state index in [2.05, 4.69) is 20.4 Å². The number of carbonyl (C=O) groups is 1. The number of nitrogens with one attached hydrogen (secondary N) is 1. The van der Waals surface area contributed by atoms with Crippen LogP contribution in [0.25, 0.3) is 11.5 Å². The number of nitrogens with zero attached hydrogens (tertiary/aromatic N) is 4. The van der Waals surface area contributed by atoms with E-state index in [9.17, 15) is 9.18 Å². The maximum atomic E-state index is 13.0. The Hall–Kier alpha value is -2.48. The van der Waals surface area contributed by atoms with Crippen LogP contribution in [0.15, 0.2) is 28.7 Å². The summed E-state index contributed by atoms with van der Waals surface area (Å²) in [6, 6.07) is 6.18. The van der Waals surface area contributed by atoms with Gasteiger partial charge in [0.25, 0.3) is 0 Å². The van der Waals surface area contributed by atoms with Crippen molar-refractivity contribution in [1.29, 1.82) is 0 Å². The first-order valence-electron chi connectivity index (χ1n) is 9.58. The molecule has 1 aromatic carbocycles. The Kier molecular flexibility index (Phi) is 5.33. The third-order valence-electron chi connectivity index (χ3n) is 5.39. The number of amides is 2. The summed E-state index contributed by atoms with van der Waals surface area (Å²) in [6.45, 7) is 3.83. The zero-order chi connectivity index (χ0) is 18.6. The Labute approximate surface area is 157 Å². The van der Waals surface area contributed by atoms with Gasteiger partial charge in [-0.2, -0.15) is 0 Å². The molecule has 2 aliphatic heterocycles. The number of hydrogen-bond acceptors (Lipinski definition) is 5. The number of benzene rings is 1. The van der Waals surface area contributed by atoms with Crippen molar-refractivity contribution in [3.05, 3.63) is 30.1 Å². The Morgan fingerprint density at radius 1 is 1.04 bits per heavy atom. The molecule has 4 rings (SSSR count). The van der Waals surface area contributed by atoms with Crippen LogP contribution in [-0.4, -0.2) is 58.2 Å². The maximum Gasteiger partial charge on any atom is 0.325 e. The van der Waals surface area contributed by atoms with Crippen LogP contribution in [0.1, 0.15) is 32.1 Å². The molecule has 2 amide bonds. The molecule has 0 atom stereocenters. The Balaban J connectivity index is 1.30. The molecule has 8 heteroatoms. The van der Waals surface area contributed by atoms with E-state index in [4.69, 9.17) is 4.42 Å². The highest BCUT2D eigenvalue weighted by atomic mass is 19.1. The van der Waals surface area contributed by atoms with E-state index in [1.165, 1.54) is 44.5 Å². The molecule has 2 fully saturated rings. The molecule has 0 radical (unpaired) electrons. The highest BCUT2D eigenvalue weighted by molar-refractivity contribution is 5.87. The summed E-state index contributed by atoms with van der Waals surface area (Å²) in [5.41, 5.74) is 0.603. The minimum absolute atomic E-state index is 0.0532. The molecule has 7 nitrogen and oxygen atoms in total. The molecule has 0 unspecified atom stereocenters. The predicted molar refractivity (Wildman–Crippen MR) is 98.7 cm³/mol. The van der Waals surface area contributed by atoms with Crippen LogP contribution in [0.2, 0.25) is 0 Å². The molecule has 2 aromatic rings. The first-order valence-corrected chi connectivity index (χ1v) is 9.58. The van der Waals surface area contributed by atoms with Crippen molar-refractivity contribution in [2.45, 2.75) is 38.1 Å². The highest BCUT2D eigenvalue weighted by Crippen LogP contribution is 2.23. The number of hydrogen-bond donors (Lipinski definition) is 1. The maximum absolute atomic E-state index is 13.0. The summed E-state index contributed by atoms with van der Waals surface area (Å²) in [6.07, 6.45) is 5.90. The second kappa shape index (κ2) is 8.04. The van der Waals surface area contributed by atoms with Gasteiger partial charge in [-0.15, -0.1) is 5.10 Å². The summed E-state index contributed by atoms with van der Waals surface area (Å²) in [7, 11) is 0. The fraction of sp³-hybridized carbons (Fsp3) is 0.526. The molecule has 27 heavy (non-hydrogen) atoms. The molecule has 3 heterocycles. The summed E-state index contributed by atoms with van der Waals surface area (Å²) in [5.74, 6) is -0.0890. The first-order chi connectivity index (χ1) is 13.2. The standard InChI is InChI=1S/C19H24FN5O2/c20-15-6-4-14(5-7-15)17-22-23-18(27-17)21-19(26)25-12-8-16(9-13-25)24-10-2-1-3-11-24/h4-7,16H,1-3,8-13H2,(H,21,23,26). The molecule has 1 N–H and O–H groups in total. The van der Waals surface area contributed by atoms with Crippen molar-refractivity contribution in [3.63, 3.8) is 0 Å². The van der Waals surface area contributed by atoms with E-state index in [0.29, 0.717) is 11.6 Å². The number of anilines is 1. The lowest BCUT2D eigenvalue weighted by Crippen LogP contribution is -2.49. The number of likely N-dealkylation sites (tertiary alicyclic amines) is 2. The van der Waals surface area contributed by atoms with Crippen LogP contribution in [0, 0.1) is 5.82 Å². The number of urea groups is 1. The van der Waals surface area contributed by atoms with Crippen LogP contribution in [0.5, 0.6) is 0 Å². The van der Waals surface area contributed by atoms with Gasteiger partial charge < -0.3 is 14.2 Å². The van der Waals surface area contributed by atoms with Crippen LogP contribution >= 0.6 is 0 Å². The normalized spacial score (nSPS) is 19.2. The van der Waals surface area contributed by atoms with Crippen molar-refractivity contribution >= 4 is 12.0 Å². The van der Waals surface area contributed by atoms with Gasteiger partial charge in [0.1, 0.15) is 5.82 Å². The third kappa shape index (κ3) is 4.27. The lowest BCUT2D eigenvalue weighted by atomic mass is 10.0. The van der Waals surface area contributed by atoms with Crippen molar-refractivity contribution in [2.75, 3.05) is 31.5 Å². The topological polar surface area (TPSA) is 74.5 Å². The molecule has 2 aliphatic rings. The van der Waals surface area contributed by atoms with Gasteiger partial charge in [-0.1, -0.05) is 11.5 Å². The number of rotatable bonds is 3. The summed E-state index contributed by atoms with van der Waals surface area (Å²) in [4.78, 5) is 16.8. The van der Waals surface area contributed by atoms with Gasteiger partial charge in [-0.05, 0) is 63.0 Å². The van der Waals surface area contributed by atoms with Gasteiger partial charge in [0.05, 0.1) is 0 Å². The van der Waals surface area contributed by atoms with Crippen LogP contribution in [-0.2, 0) is 0 Å². The van der Waals surface area contributed by atoms with E-state index in [1.54, 1.807) is 17.0 Å². The third-order valence-corrected chi connectivity index (χ3v) is 5.39. The molecule has 2 saturated heterocycles. The Morgan fingerprint density at radius 3 is 2.44 bits per heavy atom. The summed E-state index contributed by atoms with van der Waals surface area (Å²) < 4.78 is 18.5. The lowest BCUT2D eigenvalue weighted by molar-refractivity contribution is 0.104. The predicted octanol–water partition coefficient (Wildman–Crippen LogP) is 3.36. The second-order valence-corrected chi connectivity index (χ2v) is 7.16. The van der Waals surface area contributed by atoms with Gasteiger partial charge in [0.2, 0.25) is 5.89 Å². The molecule has 0 bridgehead atoms. The van der Waals surface area contributed by atoms with Crippen molar-refractivity contribution < 1.29 is 13.6 Å². The van der Waals surface area contributed by atoms with Gasteiger partial charge in [-0.25, -0.2) is 9.18 Å². The number of carbonyl (C=O) groups excluding carboxylic acids is 1. The van der Waals surface area contributed by atoms with Crippen molar-refractivity contribution in [2.24, 2.45) is 0 Å². The smallest absolute Gasteiger partial charge is 0.325 e. The Bertz CT molecular complexity index is 765. The molecule has 144 valence electrons. The van der Waals surface area contributed by atoms with E-state index in [-0.39, 0.29) is 23.8 Å². The lowest BCUT2D eigenvalue weighted by Gasteiger charge is -2.40. The van der Waals surface area contributed by atoms with E-state index in [1.807, 2.05) is 0 Å². The number of halogens is 1. The van der Waals surface area contributed by atoms with Gasteiger partial charge in [0, 0.05) is 24.7 Å². The van der Waals surface area contributed by atoms with Gasteiger partial charge >= 0.3 is 12.0 Å². The van der Waals surface area contributed by atoms with Gasteiger partial charge in [0.15, 0.2) is 0 Å². The fourth-order valence-electron chi connectivity index (χ4n) is 3.87. The monoisotopic (exact) mass is 373 g/mol. The van der Waals surface area contributed by atoms with Gasteiger partial charge in [-0.3, -0.25) is 5.32 Å². The molecule has 0 spiro atoms. The average molecular weight is 373 g/mol. The quantitative estimate of drug-likeness (QED) is 0.893. The minimum Gasteiger partial charge on any atom is -0.403 e. The van der Waals surface area contributed by atoms with Crippen LogP contribution in [0.3, 0.4) is 0 Å². The molecule has 1 aromatic heterocycles. The SMILES string of the molecule is O=C(Nc1nnc(-c2ccc(F)cc2)o1)N1CCC(N2CCCCC2)CC1. The highest BCUT2D eigenvalue weighted by Gasteiger charge is 2.28. The summed E-state index contributed by atoms with van der Waals surface area (Å²) >= 11 is 0. The van der Waals surface area contributed by atoms with E-state index in [0.717, 1.165) is 25.9 Å². The molecular weight excluding hydrogens is 349 g/mol. The van der Waals surface area contributed by atoms with Crippen LogP contribution in [0.4, 0.5) is 15.2 Å². The molecule has 0 saturated carbocycles. The zero-order valence-electron chi connectivity index (χ0n) is 15.2. The Morgan fingerprint density at radius 2 is 1.74 bits per heavy atom. The molecule has 0 aliphatic carbocycles. The van der Waals surface area contributed by atoms with E-state index < -0.39 is 0 Å². The first kappa shape index (κ1) is 17.9. The summed E-state index contributed by atoms with van der Waals surface area (Å²) in [5, 5.41) is 10.4. The second-order valence-electron chi connectivity index (χ2n) is 7.16. The van der Waals surface area contributed by atoms with Crippen molar-refractivity contribution in [1.82, 2.24) is 20.0 Å². The average Bonchev–Trinajstić information content (AvgIpc) is 3.18. The minimum atomic E-state index is -0.334. The van der Waals surface area contributed by atoms with Crippen molar-refractivity contribution in [3.8, 4) is 11.5 Å². The van der Waals surface area contributed by atoms with E-state index >= 15 is 0 Å². The molecular formula is C19H24FN5O2.